The van der Waals surface area contributed by atoms with E-state index in [2.05, 4.69) is 29.6 Å². The Labute approximate surface area is 122 Å². The van der Waals surface area contributed by atoms with Crippen molar-refractivity contribution in [3.63, 3.8) is 0 Å². The molecule has 0 amide bonds. The van der Waals surface area contributed by atoms with Crippen LogP contribution in [-0.4, -0.2) is 13.2 Å². The summed E-state index contributed by atoms with van der Waals surface area (Å²) in [6.45, 7) is 1.71. The van der Waals surface area contributed by atoms with Crippen LogP contribution in [0.2, 0.25) is 0 Å². The molecule has 2 saturated carbocycles. The van der Waals surface area contributed by atoms with Gasteiger partial charge in [-0.1, -0.05) is 37.1 Å². The molecule has 20 heavy (non-hydrogen) atoms. The molecule has 0 saturated heterocycles. The van der Waals surface area contributed by atoms with E-state index in [1.54, 1.807) is 7.11 Å². The van der Waals surface area contributed by atoms with E-state index in [1.807, 2.05) is 0 Å². The van der Waals surface area contributed by atoms with Gasteiger partial charge >= 0.3 is 0 Å². The highest BCUT2D eigenvalue weighted by Gasteiger charge is 2.34. The van der Waals surface area contributed by atoms with Crippen LogP contribution in [0.4, 0.5) is 0 Å². The third kappa shape index (κ3) is 3.83. The minimum atomic E-state index is 0.709. The third-order valence-electron chi connectivity index (χ3n) is 4.90. The van der Waals surface area contributed by atoms with Gasteiger partial charge in [0.2, 0.25) is 0 Å². The molecule has 1 aromatic rings. The second-order valence-corrected chi connectivity index (χ2v) is 6.59. The first-order chi connectivity index (χ1) is 9.85. The van der Waals surface area contributed by atoms with E-state index in [0.29, 0.717) is 6.61 Å². The second-order valence-electron chi connectivity index (χ2n) is 6.59. The zero-order chi connectivity index (χ0) is 13.8. The van der Waals surface area contributed by atoms with Gasteiger partial charge in [0, 0.05) is 19.7 Å². The van der Waals surface area contributed by atoms with Gasteiger partial charge in [0.1, 0.15) is 0 Å². The van der Waals surface area contributed by atoms with Crippen molar-refractivity contribution in [2.45, 2.75) is 57.7 Å². The van der Waals surface area contributed by atoms with Crippen molar-refractivity contribution < 1.29 is 4.74 Å². The number of benzene rings is 1. The number of hydrogen-bond donors (Lipinski definition) is 1. The Morgan fingerprint density at radius 2 is 1.95 bits per heavy atom. The standard InChI is InChI=1S/C18H27NO/c1-20-13-15-5-2-4-14(10-15)12-19-18-7-3-6-17(11-18)16-8-9-16/h2,4-5,10,16-19H,3,6-9,11-13H2,1H3. The smallest absolute Gasteiger partial charge is 0.0713 e. The fourth-order valence-electron chi connectivity index (χ4n) is 3.67. The number of methoxy groups -OCH3 is 1. The molecule has 2 aliphatic rings. The van der Waals surface area contributed by atoms with Gasteiger partial charge in [0.05, 0.1) is 6.61 Å². The Balaban J connectivity index is 1.49. The van der Waals surface area contributed by atoms with Crippen LogP contribution in [-0.2, 0) is 17.9 Å². The van der Waals surface area contributed by atoms with Crippen molar-refractivity contribution in [1.29, 1.82) is 0 Å². The largest absolute Gasteiger partial charge is 0.380 e. The average molecular weight is 273 g/mol. The first-order valence-corrected chi connectivity index (χ1v) is 8.15. The molecule has 2 unspecified atom stereocenters. The van der Waals surface area contributed by atoms with Gasteiger partial charge in [-0.3, -0.25) is 0 Å². The molecule has 3 rings (SSSR count). The molecule has 1 N–H and O–H groups in total. The lowest BCUT2D eigenvalue weighted by Crippen LogP contribution is -2.34. The molecule has 2 aliphatic carbocycles. The monoisotopic (exact) mass is 273 g/mol. The fraction of sp³-hybridized carbons (Fsp3) is 0.667. The Bertz CT molecular complexity index is 427. The molecule has 2 fully saturated rings. The van der Waals surface area contributed by atoms with Crippen molar-refractivity contribution >= 4 is 0 Å². The van der Waals surface area contributed by atoms with Crippen molar-refractivity contribution in [1.82, 2.24) is 5.32 Å². The Hall–Kier alpha value is -0.860. The highest BCUT2D eigenvalue weighted by Crippen LogP contribution is 2.43. The summed E-state index contributed by atoms with van der Waals surface area (Å²) in [6, 6.07) is 9.49. The topological polar surface area (TPSA) is 21.3 Å². The van der Waals surface area contributed by atoms with Crippen LogP contribution in [0.25, 0.3) is 0 Å². The summed E-state index contributed by atoms with van der Waals surface area (Å²) in [5.74, 6) is 2.09. The van der Waals surface area contributed by atoms with Crippen molar-refractivity contribution in [3.8, 4) is 0 Å². The highest BCUT2D eigenvalue weighted by atomic mass is 16.5. The van der Waals surface area contributed by atoms with Crippen LogP contribution in [0.5, 0.6) is 0 Å². The normalized spacial score (nSPS) is 26.6. The lowest BCUT2D eigenvalue weighted by Gasteiger charge is -2.30. The summed E-state index contributed by atoms with van der Waals surface area (Å²) in [5, 5.41) is 3.78. The molecule has 2 nitrogen and oxygen atoms in total. The predicted octanol–water partition coefficient (Wildman–Crippen LogP) is 3.89. The van der Waals surface area contributed by atoms with E-state index in [1.165, 1.54) is 49.7 Å². The van der Waals surface area contributed by atoms with Crippen LogP contribution in [0.1, 0.15) is 49.7 Å². The molecule has 0 heterocycles. The molecular formula is C18H27NO. The Morgan fingerprint density at radius 3 is 2.75 bits per heavy atom. The maximum atomic E-state index is 5.20. The maximum absolute atomic E-state index is 5.20. The van der Waals surface area contributed by atoms with Gasteiger partial charge in [-0.25, -0.2) is 0 Å². The maximum Gasteiger partial charge on any atom is 0.0713 e. The number of nitrogens with one attached hydrogen (secondary N) is 1. The summed E-state index contributed by atoms with van der Waals surface area (Å²) in [6.07, 6.45) is 8.66. The summed E-state index contributed by atoms with van der Waals surface area (Å²) in [7, 11) is 1.75. The summed E-state index contributed by atoms with van der Waals surface area (Å²) >= 11 is 0. The van der Waals surface area contributed by atoms with Gasteiger partial charge < -0.3 is 10.1 Å². The SMILES string of the molecule is COCc1cccc(CNC2CCCC(C3CC3)C2)c1. The van der Waals surface area contributed by atoms with Crippen LogP contribution < -0.4 is 5.32 Å². The van der Waals surface area contributed by atoms with Crippen molar-refractivity contribution in [3.05, 3.63) is 35.4 Å². The fourth-order valence-corrected chi connectivity index (χ4v) is 3.67. The van der Waals surface area contributed by atoms with Crippen molar-refractivity contribution in [2.24, 2.45) is 11.8 Å². The lowest BCUT2D eigenvalue weighted by atomic mass is 9.82. The summed E-state index contributed by atoms with van der Waals surface area (Å²) < 4.78 is 5.20. The molecule has 2 heteroatoms. The molecule has 0 aromatic heterocycles. The van der Waals surface area contributed by atoms with Crippen LogP contribution in [0, 0.1) is 11.8 Å². The minimum Gasteiger partial charge on any atom is -0.380 e. The van der Waals surface area contributed by atoms with E-state index in [-0.39, 0.29) is 0 Å². The van der Waals surface area contributed by atoms with Crippen LogP contribution >= 0.6 is 0 Å². The molecule has 0 aliphatic heterocycles. The zero-order valence-electron chi connectivity index (χ0n) is 12.6. The second kappa shape index (κ2) is 6.73. The van der Waals surface area contributed by atoms with Gasteiger partial charge in [-0.05, 0) is 48.6 Å². The predicted molar refractivity (Wildman–Crippen MR) is 82.5 cm³/mol. The first-order valence-electron chi connectivity index (χ1n) is 8.15. The van der Waals surface area contributed by atoms with Crippen molar-refractivity contribution in [2.75, 3.05) is 7.11 Å². The molecule has 110 valence electrons. The Kier molecular flexibility index (Phi) is 4.74. The quantitative estimate of drug-likeness (QED) is 0.849. The zero-order valence-corrected chi connectivity index (χ0v) is 12.6. The van der Waals surface area contributed by atoms with E-state index in [4.69, 9.17) is 4.74 Å². The molecular weight excluding hydrogens is 246 g/mol. The average Bonchev–Trinajstić information content (AvgIpc) is 3.31. The number of ether oxygens (including phenoxy) is 1. The Morgan fingerprint density at radius 1 is 1.10 bits per heavy atom. The van der Waals surface area contributed by atoms with Crippen LogP contribution in [0.15, 0.2) is 24.3 Å². The molecule has 0 bridgehead atoms. The lowest BCUT2D eigenvalue weighted by molar-refractivity contribution is 0.185. The van der Waals surface area contributed by atoms with Gasteiger partial charge in [-0.2, -0.15) is 0 Å². The van der Waals surface area contributed by atoms with E-state index < -0.39 is 0 Å². The molecule has 0 radical (unpaired) electrons. The van der Waals surface area contributed by atoms with E-state index in [9.17, 15) is 0 Å². The van der Waals surface area contributed by atoms with Gasteiger partial charge in [-0.15, -0.1) is 0 Å². The van der Waals surface area contributed by atoms with Gasteiger partial charge in [0.15, 0.2) is 0 Å². The minimum absolute atomic E-state index is 0.709. The molecule has 2 atom stereocenters. The number of hydrogen-bond acceptors (Lipinski definition) is 2. The van der Waals surface area contributed by atoms with Crippen LogP contribution in [0.3, 0.4) is 0 Å². The van der Waals surface area contributed by atoms with E-state index >= 15 is 0 Å². The third-order valence-corrected chi connectivity index (χ3v) is 4.90. The van der Waals surface area contributed by atoms with E-state index in [0.717, 1.165) is 24.4 Å². The molecule has 1 aromatic carbocycles. The number of rotatable bonds is 6. The molecule has 0 spiro atoms. The summed E-state index contributed by atoms with van der Waals surface area (Å²) in [4.78, 5) is 0. The van der Waals surface area contributed by atoms with Gasteiger partial charge in [0.25, 0.3) is 0 Å². The first kappa shape index (κ1) is 14.1. The summed E-state index contributed by atoms with van der Waals surface area (Å²) in [5.41, 5.74) is 2.65. The highest BCUT2D eigenvalue weighted by molar-refractivity contribution is 5.22.